The van der Waals surface area contributed by atoms with E-state index >= 15 is 0 Å². The highest BCUT2D eigenvalue weighted by Gasteiger charge is 2.15. The molecule has 0 bridgehead atoms. The smallest absolute Gasteiger partial charge is 0.253 e. The molecule has 2 aromatic rings. The lowest BCUT2D eigenvalue weighted by Crippen LogP contribution is -2.22. The molecule has 0 aliphatic carbocycles. The number of anilines is 1. The first-order valence-electron chi connectivity index (χ1n) is 7.73. The van der Waals surface area contributed by atoms with Gasteiger partial charge in [0.05, 0.1) is 12.5 Å². The zero-order valence-electron chi connectivity index (χ0n) is 14.1. The molecule has 5 heteroatoms. The molecule has 0 heterocycles. The Hall–Kier alpha value is -2.66. The molecule has 2 N–H and O–H groups in total. The first-order chi connectivity index (χ1) is 11.4. The number of nitrogens with zero attached hydrogens (tertiary/aromatic N) is 1. The molecule has 24 heavy (non-hydrogen) atoms. The van der Waals surface area contributed by atoms with Crippen LogP contribution in [0.15, 0.2) is 48.5 Å². The molecular weight excluding hydrogens is 304 g/mol. The highest BCUT2D eigenvalue weighted by molar-refractivity contribution is 5.97. The van der Waals surface area contributed by atoms with Crippen molar-refractivity contribution in [3.63, 3.8) is 0 Å². The molecule has 0 spiro atoms. The van der Waals surface area contributed by atoms with E-state index in [1.807, 2.05) is 25.1 Å². The van der Waals surface area contributed by atoms with Crippen molar-refractivity contribution in [1.82, 2.24) is 4.90 Å². The van der Waals surface area contributed by atoms with Crippen molar-refractivity contribution in [3.05, 3.63) is 65.2 Å². The van der Waals surface area contributed by atoms with Gasteiger partial charge in [-0.2, -0.15) is 0 Å². The molecule has 0 fully saturated rings. The largest absolute Gasteiger partial charge is 0.388 e. The number of rotatable bonds is 5. The minimum atomic E-state index is -0.845. The molecule has 0 aromatic heterocycles. The lowest BCUT2D eigenvalue weighted by Gasteiger charge is -2.14. The topological polar surface area (TPSA) is 69.6 Å². The summed E-state index contributed by atoms with van der Waals surface area (Å²) in [6, 6.07) is 14.2. The maximum absolute atomic E-state index is 12.1. The summed E-state index contributed by atoms with van der Waals surface area (Å²) in [6.07, 6.45) is -0.872. The lowest BCUT2D eigenvalue weighted by molar-refractivity contribution is -0.118. The number of carbonyl (C=O) groups excluding carboxylic acids is 2. The normalized spacial score (nSPS) is 11.7. The Morgan fingerprint density at radius 2 is 1.79 bits per heavy atom. The van der Waals surface area contributed by atoms with Crippen LogP contribution in [0.4, 0.5) is 5.69 Å². The van der Waals surface area contributed by atoms with E-state index in [2.05, 4.69) is 5.32 Å². The van der Waals surface area contributed by atoms with Crippen molar-refractivity contribution >= 4 is 17.5 Å². The van der Waals surface area contributed by atoms with Crippen LogP contribution in [0.25, 0.3) is 0 Å². The number of aryl methyl sites for hydroxylation is 1. The molecule has 0 radical (unpaired) electrons. The predicted molar refractivity (Wildman–Crippen MR) is 93.8 cm³/mol. The van der Waals surface area contributed by atoms with Gasteiger partial charge in [0.15, 0.2) is 0 Å². The van der Waals surface area contributed by atoms with Gasteiger partial charge in [-0.3, -0.25) is 9.59 Å². The molecule has 1 unspecified atom stereocenters. The monoisotopic (exact) mass is 326 g/mol. The molecule has 126 valence electrons. The van der Waals surface area contributed by atoms with Crippen molar-refractivity contribution in [3.8, 4) is 0 Å². The third-order valence-electron chi connectivity index (χ3n) is 3.71. The second-order valence-corrected chi connectivity index (χ2v) is 5.91. The number of nitrogens with one attached hydrogen (secondary N) is 1. The van der Waals surface area contributed by atoms with Crippen LogP contribution in [0.1, 0.15) is 34.0 Å². The zero-order chi connectivity index (χ0) is 17.7. The fraction of sp³-hybridized carbons (Fsp3) is 0.263. The van der Waals surface area contributed by atoms with Crippen LogP contribution in [0.2, 0.25) is 0 Å². The minimum Gasteiger partial charge on any atom is -0.388 e. The molecule has 0 aliphatic heterocycles. The van der Waals surface area contributed by atoms with Gasteiger partial charge in [-0.1, -0.05) is 30.3 Å². The number of carbonyl (C=O) groups is 2. The summed E-state index contributed by atoms with van der Waals surface area (Å²) in [7, 11) is 3.39. The summed E-state index contributed by atoms with van der Waals surface area (Å²) in [5.74, 6) is -0.359. The molecule has 2 amide bonds. The number of aliphatic hydroxyl groups is 1. The standard InChI is InChI=1S/C19H22N2O3/c1-13-11-15(9-10-16(13)19(24)21(2)3)20-18(23)12-17(22)14-7-5-4-6-8-14/h4-11,17,22H,12H2,1-3H3,(H,20,23). The number of amides is 2. The van der Waals surface area contributed by atoms with Crippen molar-refractivity contribution < 1.29 is 14.7 Å². The summed E-state index contributed by atoms with van der Waals surface area (Å²) < 4.78 is 0. The van der Waals surface area contributed by atoms with Crippen LogP contribution in [-0.4, -0.2) is 35.9 Å². The summed E-state index contributed by atoms with van der Waals surface area (Å²) >= 11 is 0. The van der Waals surface area contributed by atoms with Crippen LogP contribution < -0.4 is 5.32 Å². The average Bonchev–Trinajstić information content (AvgIpc) is 2.55. The molecule has 2 rings (SSSR count). The Morgan fingerprint density at radius 3 is 2.38 bits per heavy atom. The second kappa shape index (κ2) is 7.75. The van der Waals surface area contributed by atoms with E-state index < -0.39 is 6.10 Å². The third-order valence-corrected chi connectivity index (χ3v) is 3.71. The van der Waals surface area contributed by atoms with Crippen molar-refractivity contribution in [2.75, 3.05) is 19.4 Å². The van der Waals surface area contributed by atoms with Crippen molar-refractivity contribution in [1.29, 1.82) is 0 Å². The van der Waals surface area contributed by atoms with Gasteiger partial charge in [0.25, 0.3) is 5.91 Å². The molecule has 0 saturated heterocycles. The van der Waals surface area contributed by atoms with Crippen LogP contribution >= 0.6 is 0 Å². The first kappa shape index (κ1) is 17.7. The second-order valence-electron chi connectivity index (χ2n) is 5.91. The van der Waals surface area contributed by atoms with E-state index in [-0.39, 0.29) is 18.2 Å². The molecular formula is C19H22N2O3. The van der Waals surface area contributed by atoms with E-state index in [1.54, 1.807) is 44.4 Å². The van der Waals surface area contributed by atoms with Crippen molar-refractivity contribution in [2.45, 2.75) is 19.4 Å². The Labute approximate surface area is 141 Å². The summed E-state index contributed by atoms with van der Waals surface area (Å²) in [6.45, 7) is 1.82. The van der Waals surface area contributed by atoms with E-state index in [9.17, 15) is 14.7 Å². The zero-order valence-corrected chi connectivity index (χ0v) is 14.1. The average molecular weight is 326 g/mol. The molecule has 0 saturated carbocycles. The number of hydrogen-bond acceptors (Lipinski definition) is 3. The quantitative estimate of drug-likeness (QED) is 0.887. The fourth-order valence-corrected chi connectivity index (χ4v) is 2.40. The van der Waals surface area contributed by atoms with E-state index in [4.69, 9.17) is 0 Å². The van der Waals surface area contributed by atoms with Gasteiger partial charge >= 0.3 is 0 Å². The Morgan fingerprint density at radius 1 is 1.12 bits per heavy atom. The number of aliphatic hydroxyl groups excluding tert-OH is 1. The third kappa shape index (κ3) is 4.43. The predicted octanol–water partition coefficient (Wildman–Crippen LogP) is 2.76. The van der Waals surface area contributed by atoms with Gasteiger partial charge in [-0.05, 0) is 36.2 Å². The van der Waals surface area contributed by atoms with Gasteiger partial charge < -0.3 is 15.3 Å². The van der Waals surface area contributed by atoms with Crippen LogP contribution in [-0.2, 0) is 4.79 Å². The highest BCUT2D eigenvalue weighted by atomic mass is 16.3. The maximum Gasteiger partial charge on any atom is 0.253 e. The highest BCUT2D eigenvalue weighted by Crippen LogP contribution is 2.19. The van der Waals surface area contributed by atoms with E-state index in [1.165, 1.54) is 4.90 Å². The summed E-state index contributed by atoms with van der Waals surface area (Å²) in [5, 5.41) is 12.8. The molecule has 1 atom stereocenters. The van der Waals surface area contributed by atoms with Gasteiger partial charge in [-0.25, -0.2) is 0 Å². The Bertz CT molecular complexity index is 727. The first-order valence-corrected chi connectivity index (χ1v) is 7.73. The van der Waals surface area contributed by atoms with E-state index in [0.717, 1.165) is 5.56 Å². The van der Waals surface area contributed by atoms with Gasteiger partial charge in [0.1, 0.15) is 0 Å². The minimum absolute atomic E-state index is 0.0263. The van der Waals surface area contributed by atoms with Crippen LogP contribution in [0.5, 0.6) is 0 Å². The van der Waals surface area contributed by atoms with Gasteiger partial charge in [0, 0.05) is 25.3 Å². The van der Waals surface area contributed by atoms with Crippen molar-refractivity contribution in [2.24, 2.45) is 0 Å². The lowest BCUT2D eigenvalue weighted by atomic mass is 10.1. The van der Waals surface area contributed by atoms with Gasteiger partial charge in [-0.15, -0.1) is 0 Å². The maximum atomic E-state index is 12.1. The molecule has 0 aliphatic rings. The Kier molecular flexibility index (Phi) is 5.71. The van der Waals surface area contributed by atoms with E-state index in [0.29, 0.717) is 16.8 Å². The van der Waals surface area contributed by atoms with Crippen LogP contribution in [0, 0.1) is 6.92 Å². The van der Waals surface area contributed by atoms with Crippen LogP contribution in [0.3, 0.4) is 0 Å². The van der Waals surface area contributed by atoms with Gasteiger partial charge in [0.2, 0.25) is 5.91 Å². The number of hydrogen-bond donors (Lipinski definition) is 2. The SMILES string of the molecule is Cc1cc(NC(=O)CC(O)c2ccccc2)ccc1C(=O)N(C)C. The Balaban J connectivity index is 2.02. The fourth-order valence-electron chi connectivity index (χ4n) is 2.40. The molecule has 2 aromatic carbocycles. The number of benzene rings is 2. The summed E-state index contributed by atoms with van der Waals surface area (Å²) in [4.78, 5) is 25.6. The molecule has 5 nitrogen and oxygen atoms in total. The summed E-state index contributed by atoms with van der Waals surface area (Å²) in [5.41, 5.74) is 2.70.